The smallest absolute Gasteiger partial charge is 0.0888 e. The Balaban J connectivity index is 2.15. The molecule has 78 valence electrons. The van der Waals surface area contributed by atoms with Crippen LogP contribution in [0.15, 0.2) is 9.56 Å². The summed E-state index contributed by atoms with van der Waals surface area (Å²) in [4.78, 5) is 0. The second kappa shape index (κ2) is 5.38. The Kier molecular flexibility index (Phi) is 4.42. The number of hydrogen-bond donors (Lipinski definition) is 0. The van der Waals surface area contributed by atoms with Gasteiger partial charge in [0.25, 0.3) is 0 Å². The zero-order valence-electron chi connectivity index (χ0n) is 8.52. The summed E-state index contributed by atoms with van der Waals surface area (Å²) in [5, 5.41) is 1.09. The largest absolute Gasteiger partial charge is 0.178 e. The molecule has 0 aliphatic carbocycles. The average molecular weight is 367 g/mol. The number of fused-ring (bicyclic) bond motifs is 2. The minimum atomic E-state index is 0.925. The van der Waals surface area contributed by atoms with E-state index in [0.717, 1.165) is 23.7 Å². The van der Waals surface area contributed by atoms with E-state index in [1.54, 1.807) is 5.47 Å². The molecular weight excluding hydrogens is 350 g/mol. The number of allylic oxidation sites excluding steroid dienone is 1. The van der Waals surface area contributed by atoms with Gasteiger partial charge < -0.3 is 0 Å². The summed E-state index contributed by atoms with van der Waals surface area (Å²) in [5.74, 6) is 2.03. The van der Waals surface area contributed by atoms with E-state index in [1.807, 2.05) is 0 Å². The maximum absolute atomic E-state index is 3.65. The lowest BCUT2D eigenvalue weighted by Crippen LogP contribution is -2.36. The second-order valence-electron chi connectivity index (χ2n) is 4.73. The van der Waals surface area contributed by atoms with Crippen LogP contribution < -0.4 is 0 Å². The van der Waals surface area contributed by atoms with Crippen molar-refractivity contribution in [2.24, 2.45) is 0 Å². The van der Waals surface area contributed by atoms with Gasteiger partial charge in [-0.25, -0.2) is 0 Å². The number of halogens is 2. The van der Waals surface area contributed by atoms with E-state index in [2.05, 4.69) is 42.6 Å². The first kappa shape index (κ1) is 11.5. The van der Waals surface area contributed by atoms with Gasteiger partial charge in [0.2, 0.25) is 0 Å². The molecular formula is C11H17BBrI. The minimum absolute atomic E-state index is 0.925. The SMILES string of the molecule is BrC/C(=C/I)B1C2CCCC1CCC2. The molecule has 0 unspecified atom stereocenters. The maximum Gasteiger partial charge on any atom is 0.178 e. The van der Waals surface area contributed by atoms with Crippen LogP contribution in [0.25, 0.3) is 0 Å². The molecule has 2 aliphatic rings. The summed E-state index contributed by atoms with van der Waals surface area (Å²) in [6, 6.07) is 0. The molecule has 0 spiro atoms. The van der Waals surface area contributed by atoms with Crippen LogP contribution in [0.1, 0.15) is 38.5 Å². The van der Waals surface area contributed by atoms with Crippen LogP contribution >= 0.6 is 38.5 Å². The highest BCUT2D eigenvalue weighted by Crippen LogP contribution is 2.48. The van der Waals surface area contributed by atoms with E-state index in [4.69, 9.17) is 0 Å². The molecule has 2 bridgehead atoms. The molecule has 0 N–H and O–H groups in total. The molecule has 0 aromatic heterocycles. The first-order chi connectivity index (χ1) is 6.86. The van der Waals surface area contributed by atoms with Crippen molar-refractivity contribution >= 4 is 45.2 Å². The molecule has 2 fully saturated rings. The van der Waals surface area contributed by atoms with E-state index in [1.165, 1.54) is 38.5 Å². The topological polar surface area (TPSA) is 0 Å². The van der Waals surface area contributed by atoms with Crippen molar-refractivity contribution in [3.05, 3.63) is 9.56 Å². The molecule has 0 aromatic carbocycles. The predicted molar refractivity (Wildman–Crippen MR) is 76.9 cm³/mol. The van der Waals surface area contributed by atoms with Crippen LogP contribution in [-0.4, -0.2) is 12.0 Å². The highest BCUT2D eigenvalue weighted by molar-refractivity contribution is 14.1. The molecule has 0 radical (unpaired) electrons. The Morgan fingerprint density at radius 2 is 1.71 bits per heavy atom. The molecule has 0 nitrogen and oxygen atoms in total. The third-order valence-electron chi connectivity index (χ3n) is 4.04. The predicted octanol–water partition coefficient (Wildman–Crippen LogP) is 4.84. The van der Waals surface area contributed by atoms with Crippen molar-refractivity contribution in [2.45, 2.75) is 50.2 Å². The molecule has 2 aliphatic heterocycles. The van der Waals surface area contributed by atoms with Gasteiger partial charge >= 0.3 is 0 Å². The number of rotatable bonds is 2. The van der Waals surface area contributed by atoms with Crippen LogP contribution in [0.4, 0.5) is 0 Å². The van der Waals surface area contributed by atoms with Crippen molar-refractivity contribution in [1.29, 1.82) is 0 Å². The zero-order chi connectivity index (χ0) is 9.97. The second-order valence-corrected chi connectivity index (χ2v) is 5.91. The number of alkyl halides is 1. The van der Waals surface area contributed by atoms with Gasteiger partial charge in [-0.3, -0.25) is 0 Å². The molecule has 2 heterocycles. The summed E-state index contributed by atoms with van der Waals surface area (Å²) >= 11 is 6.07. The van der Waals surface area contributed by atoms with E-state index in [0.29, 0.717) is 0 Å². The molecule has 0 aromatic rings. The fraction of sp³-hybridized carbons (Fsp3) is 0.818. The highest BCUT2D eigenvalue weighted by atomic mass is 127. The van der Waals surface area contributed by atoms with Crippen LogP contribution in [0.2, 0.25) is 11.6 Å². The Hall–Kier alpha value is 1.01. The Morgan fingerprint density at radius 3 is 2.07 bits per heavy atom. The summed E-state index contributed by atoms with van der Waals surface area (Å²) in [5.41, 5.74) is 1.67. The van der Waals surface area contributed by atoms with Crippen molar-refractivity contribution in [1.82, 2.24) is 0 Å². The van der Waals surface area contributed by atoms with E-state index < -0.39 is 0 Å². The van der Waals surface area contributed by atoms with Gasteiger partial charge in [-0.15, -0.1) is 0 Å². The molecule has 0 atom stereocenters. The lowest BCUT2D eigenvalue weighted by Gasteiger charge is -2.41. The standard InChI is InChI=1S/C11H17BBrI/c13-7-11(8-14)12-9-3-1-4-10(12)6-2-5-9/h8-10H,1-7H2/b11-8-. The molecule has 2 rings (SSSR count). The van der Waals surface area contributed by atoms with Crippen LogP contribution in [0, 0.1) is 0 Å². The molecule has 0 saturated carbocycles. The Bertz CT molecular complexity index is 207. The van der Waals surface area contributed by atoms with Crippen LogP contribution in [0.3, 0.4) is 0 Å². The van der Waals surface area contributed by atoms with Crippen molar-refractivity contribution in [3.8, 4) is 0 Å². The molecule has 2 saturated heterocycles. The lowest BCUT2D eigenvalue weighted by atomic mass is 9.25. The Morgan fingerprint density at radius 1 is 1.21 bits per heavy atom. The highest BCUT2D eigenvalue weighted by Gasteiger charge is 2.40. The van der Waals surface area contributed by atoms with Gasteiger partial charge in [-0.1, -0.05) is 94.2 Å². The lowest BCUT2D eigenvalue weighted by molar-refractivity contribution is 0.446. The molecule has 3 heteroatoms. The fourth-order valence-electron chi connectivity index (χ4n) is 3.47. The van der Waals surface area contributed by atoms with Gasteiger partial charge in [0, 0.05) is 5.33 Å². The van der Waals surface area contributed by atoms with E-state index in [-0.39, 0.29) is 0 Å². The summed E-state index contributed by atoms with van der Waals surface area (Å²) < 4.78 is 2.33. The van der Waals surface area contributed by atoms with Gasteiger partial charge in [0.15, 0.2) is 6.71 Å². The number of hydrogen-bond acceptors (Lipinski definition) is 0. The van der Waals surface area contributed by atoms with Gasteiger partial charge in [-0.05, 0) is 4.08 Å². The fourth-order valence-corrected chi connectivity index (χ4v) is 5.25. The zero-order valence-corrected chi connectivity index (χ0v) is 12.3. The maximum atomic E-state index is 3.65. The molecule has 14 heavy (non-hydrogen) atoms. The Labute approximate surface area is 110 Å². The van der Waals surface area contributed by atoms with E-state index >= 15 is 0 Å². The summed E-state index contributed by atoms with van der Waals surface area (Å²) in [7, 11) is 0. The quantitative estimate of drug-likeness (QED) is 0.372. The molecule has 0 amide bonds. The average Bonchev–Trinajstić information content (AvgIpc) is 2.19. The summed E-state index contributed by atoms with van der Waals surface area (Å²) in [6.07, 6.45) is 8.93. The van der Waals surface area contributed by atoms with Crippen LogP contribution in [0.5, 0.6) is 0 Å². The summed E-state index contributed by atoms with van der Waals surface area (Å²) in [6.45, 7) is 0.925. The third-order valence-corrected chi connectivity index (χ3v) is 5.49. The van der Waals surface area contributed by atoms with Crippen molar-refractivity contribution in [2.75, 3.05) is 5.33 Å². The first-order valence-corrected chi connectivity index (χ1v) is 8.08. The van der Waals surface area contributed by atoms with Crippen molar-refractivity contribution in [3.63, 3.8) is 0 Å². The van der Waals surface area contributed by atoms with Crippen molar-refractivity contribution < 1.29 is 0 Å². The first-order valence-electron chi connectivity index (χ1n) is 5.72. The normalized spacial score (nSPS) is 33.3. The van der Waals surface area contributed by atoms with E-state index in [9.17, 15) is 0 Å². The minimum Gasteiger partial charge on any atom is -0.0888 e. The van der Waals surface area contributed by atoms with Crippen LogP contribution in [-0.2, 0) is 0 Å². The third kappa shape index (κ3) is 2.23. The van der Waals surface area contributed by atoms with Gasteiger partial charge in [-0.2, -0.15) is 0 Å². The van der Waals surface area contributed by atoms with Gasteiger partial charge in [0.1, 0.15) is 0 Å². The van der Waals surface area contributed by atoms with Gasteiger partial charge in [0.05, 0.1) is 0 Å². The monoisotopic (exact) mass is 366 g/mol.